The summed E-state index contributed by atoms with van der Waals surface area (Å²) in [6.45, 7) is 5.03. The Bertz CT molecular complexity index is 126. The predicted octanol–water partition coefficient (Wildman–Crippen LogP) is 1.39. The monoisotopic (exact) mass is 191 g/mol. The van der Waals surface area contributed by atoms with E-state index in [1.165, 1.54) is 6.42 Å². The zero-order valence-corrected chi connectivity index (χ0v) is 9.25. The van der Waals surface area contributed by atoms with Crippen LogP contribution in [0.1, 0.15) is 26.7 Å². The summed E-state index contributed by atoms with van der Waals surface area (Å²) in [4.78, 5) is 0. The molecular weight excluding hydrogens is 170 g/mol. The molecule has 74 valence electrons. The summed E-state index contributed by atoms with van der Waals surface area (Å²) in [5.74, 6) is 2.51. The van der Waals surface area contributed by atoms with Gasteiger partial charge >= 0.3 is 0 Å². The highest BCUT2D eigenvalue weighted by Gasteiger charge is 2.16. The van der Waals surface area contributed by atoms with Crippen LogP contribution in [0.4, 0.5) is 0 Å². The Morgan fingerprint density at radius 2 is 2.17 bits per heavy atom. The topological polar surface area (TPSA) is 29.1 Å². The number of nitrogens with one attached hydrogen (secondary N) is 1. The summed E-state index contributed by atoms with van der Waals surface area (Å²) >= 11 is 0. The van der Waals surface area contributed by atoms with Gasteiger partial charge in [0.25, 0.3) is 0 Å². The molecule has 2 nitrogen and oxygen atoms in total. The molecule has 0 aliphatic carbocycles. The van der Waals surface area contributed by atoms with Crippen molar-refractivity contribution in [3.8, 4) is 0 Å². The van der Waals surface area contributed by atoms with Crippen molar-refractivity contribution in [1.29, 1.82) is 0 Å². The largest absolute Gasteiger partial charge is 0.319 e. The summed E-state index contributed by atoms with van der Waals surface area (Å²) in [5.41, 5.74) is 0. The van der Waals surface area contributed by atoms with E-state index in [0.717, 1.165) is 24.5 Å². The normalized spacial score (nSPS) is 28.9. The van der Waals surface area contributed by atoms with Crippen LogP contribution >= 0.6 is 0 Å². The van der Waals surface area contributed by atoms with Crippen LogP contribution in [0.2, 0.25) is 0 Å². The van der Waals surface area contributed by atoms with E-state index < -0.39 is 10.8 Å². The molecule has 0 amide bonds. The first-order valence-corrected chi connectivity index (χ1v) is 6.31. The third-order valence-corrected chi connectivity index (χ3v) is 3.49. The Labute approximate surface area is 78.6 Å². The SMILES string of the molecule is CC.CNCC1CCCS(=O)C1. The minimum atomic E-state index is -0.512. The molecule has 0 radical (unpaired) electrons. The summed E-state index contributed by atoms with van der Waals surface area (Å²) < 4.78 is 11.0. The van der Waals surface area contributed by atoms with Crippen LogP contribution < -0.4 is 5.32 Å². The Kier molecular flexibility index (Phi) is 7.81. The molecule has 0 spiro atoms. The van der Waals surface area contributed by atoms with Gasteiger partial charge in [-0.15, -0.1) is 0 Å². The maximum absolute atomic E-state index is 11.0. The first-order chi connectivity index (χ1) is 5.83. The Hall–Kier alpha value is 0.110. The standard InChI is InChI=1S/C7H15NOS.C2H6/c1-8-5-7-3-2-4-10(9)6-7;1-2/h7-8H,2-6H2,1H3;1-2H3. The van der Waals surface area contributed by atoms with Gasteiger partial charge in [-0.2, -0.15) is 0 Å². The molecule has 1 rings (SSSR count). The minimum absolute atomic E-state index is 0.512. The maximum Gasteiger partial charge on any atom is 0.0275 e. The lowest BCUT2D eigenvalue weighted by Crippen LogP contribution is -2.28. The van der Waals surface area contributed by atoms with Gasteiger partial charge in [0, 0.05) is 22.3 Å². The summed E-state index contributed by atoms with van der Waals surface area (Å²) in [7, 11) is 1.44. The van der Waals surface area contributed by atoms with Crippen LogP contribution in [0.5, 0.6) is 0 Å². The van der Waals surface area contributed by atoms with Crippen LogP contribution in [-0.4, -0.2) is 29.3 Å². The quantitative estimate of drug-likeness (QED) is 0.714. The Morgan fingerprint density at radius 3 is 2.67 bits per heavy atom. The van der Waals surface area contributed by atoms with Crippen molar-refractivity contribution in [2.75, 3.05) is 25.1 Å². The fourth-order valence-corrected chi connectivity index (χ4v) is 2.88. The van der Waals surface area contributed by atoms with E-state index >= 15 is 0 Å². The second-order valence-electron chi connectivity index (χ2n) is 2.88. The van der Waals surface area contributed by atoms with E-state index in [0.29, 0.717) is 5.92 Å². The molecule has 1 saturated heterocycles. The van der Waals surface area contributed by atoms with Gasteiger partial charge in [0.05, 0.1) is 0 Å². The molecule has 1 aliphatic heterocycles. The second-order valence-corrected chi connectivity index (χ2v) is 4.50. The molecule has 1 aliphatic rings. The molecule has 12 heavy (non-hydrogen) atoms. The number of hydrogen-bond acceptors (Lipinski definition) is 2. The lowest BCUT2D eigenvalue weighted by Gasteiger charge is -2.20. The van der Waals surface area contributed by atoms with E-state index in [9.17, 15) is 4.21 Å². The van der Waals surface area contributed by atoms with E-state index in [4.69, 9.17) is 0 Å². The van der Waals surface area contributed by atoms with Crippen LogP contribution in [0.25, 0.3) is 0 Å². The molecule has 1 fully saturated rings. The van der Waals surface area contributed by atoms with Gasteiger partial charge in [0.2, 0.25) is 0 Å². The fraction of sp³-hybridized carbons (Fsp3) is 1.00. The van der Waals surface area contributed by atoms with Crippen LogP contribution in [0.3, 0.4) is 0 Å². The molecule has 2 unspecified atom stereocenters. The predicted molar refractivity (Wildman–Crippen MR) is 55.9 cm³/mol. The fourth-order valence-electron chi connectivity index (χ4n) is 1.41. The summed E-state index contributed by atoms with van der Waals surface area (Å²) in [5, 5.41) is 3.12. The first-order valence-electron chi connectivity index (χ1n) is 4.82. The average Bonchev–Trinajstić information content (AvgIpc) is 2.09. The van der Waals surface area contributed by atoms with Gasteiger partial charge < -0.3 is 5.32 Å². The van der Waals surface area contributed by atoms with Gasteiger partial charge in [0.15, 0.2) is 0 Å². The molecule has 2 atom stereocenters. The van der Waals surface area contributed by atoms with Crippen LogP contribution in [0, 0.1) is 5.92 Å². The molecular formula is C9H21NOS. The third-order valence-electron chi connectivity index (χ3n) is 1.90. The van der Waals surface area contributed by atoms with Gasteiger partial charge in [-0.3, -0.25) is 4.21 Å². The lowest BCUT2D eigenvalue weighted by molar-refractivity contribution is 0.487. The highest BCUT2D eigenvalue weighted by Crippen LogP contribution is 2.14. The van der Waals surface area contributed by atoms with Gasteiger partial charge in [-0.05, 0) is 32.4 Å². The number of hydrogen-bond donors (Lipinski definition) is 1. The molecule has 0 aromatic carbocycles. The first kappa shape index (κ1) is 12.1. The van der Waals surface area contributed by atoms with Gasteiger partial charge in [-0.1, -0.05) is 13.8 Å². The van der Waals surface area contributed by atoms with Crippen molar-refractivity contribution < 1.29 is 4.21 Å². The third kappa shape index (κ3) is 4.88. The zero-order chi connectivity index (χ0) is 9.40. The highest BCUT2D eigenvalue weighted by atomic mass is 32.2. The van der Waals surface area contributed by atoms with Gasteiger partial charge in [0.1, 0.15) is 0 Å². The average molecular weight is 191 g/mol. The van der Waals surface area contributed by atoms with Crippen LogP contribution in [0.15, 0.2) is 0 Å². The van der Waals surface area contributed by atoms with Crippen molar-refractivity contribution in [2.24, 2.45) is 5.92 Å². The number of rotatable bonds is 2. The van der Waals surface area contributed by atoms with Crippen molar-refractivity contribution in [1.82, 2.24) is 5.32 Å². The smallest absolute Gasteiger partial charge is 0.0275 e. The summed E-state index contributed by atoms with van der Waals surface area (Å²) in [6.07, 6.45) is 2.41. The van der Waals surface area contributed by atoms with E-state index in [2.05, 4.69) is 5.32 Å². The molecule has 3 heteroatoms. The van der Waals surface area contributed by atoms with Crippen molar-refractivity contribution in [3.05, 3.63) is 0 Å². The molecule has 0 saturated carbocycles. The van der Waals surface area contributed by atoms with Crippen molar-refractivity contribution >= 4 is 10.8 Å². The Balaban J connectivity index is 0.000000561. The Morgan fingerprint density at radius 1 is 1.50 bits per heavy atom. The second kappa shape index (κ2) is 7.74. The maximum atomic E-state index is 11.0. The van der Waals surface area contributed by atoms with E-state index in [1.807, 2.05) is 20.9 Å². The van der Waals surface area contributed by atoms with Crippen molar-refractivity contribution in [2.45, 2.75) is 26.7 Å². The minimum Gasteiger partial charge on any atom is -0.319 e. The van der Waals surface area contributed by atoms with E-state index in [-0.39, 0.29) is 0 Å². The van der Waals surface area contributed by atoms with Crippen molar-refractivity contribution in [3.63, 3.8) is 0 Å². The van der Waals surface area contributed by atoms with Crippen LogP contribution in [-0.2, 0) is 10.8 Å². The molecule has 1 heterocycles. The molecule has 0 aromatic heterocycles. The highest BCUT2D eigenvalue weighted by molar-refractivity contribution is 7.85. The summed E-state index contributed by atoms with van der Waals surface area (Å²) in [6, 6.07) is 0. The molecule has 0 bridgehead atoms. The molecule has 1 N–H and O–H groups in total. The van der Waals surface area contributed by atoms with E-state index in [1.54, 1.807) is 0 Å². The lowest BCUT2D eigenvalue weighted by atomic mass is 10.1. The van der Waals surface area contributed by atoms with Gasteiger partial charge in [-0.25, -0.2) is 0 Å². The zero-order valence-electron chi connectivity index (χ0n) is 8.43. The molecule has 0 aromatic rings.